The number of aromatic nitrogens is 1. The van der Waals surface area contributed by atoms with E-state index in [1.54, 1.807) is 0 Å². The van der Waals surface area contributed by atoms with Crippen LogP contribution < -0.4 is 4.90 Å². The monoisotopic (exact) mass is 559 g/mol. The second-order valence-electron chi connectivity index (χ2n) is 12.5. The molecule has 0 amide bonds. The molecule has 2 heterocycles. The summed E-state index contributed by atoms with van der Waals surface area (Å²) in [5, 5.41) is 9.51. The molecule has 3 fully saturated rings. The summed E-state index contributed by atoms with van der Waals surface area (Å²) in [6.45, 7) is 6.73. The molecule has 10 heteroatoms. The maximum absolute atomic E-state index is 14.6. The quantitative estimate of drug-likeness (QED) is 0.450. The number of nitriles is 1. The number of benzene rings is 1. The molecule has 2 aliphatic carbocycles. The third-order valence-corrected chi connectivity index (χ3v) is 9.93. The first-order valence-corrected chi connectivity index (χ1v) is 15.4. The van der Waals surface area contributed by atoms with Crippen molar-refractivity contribution in [3.8, 4) is 17.3 Å². The molecule has 2 aromatic rings. The predicted molar refractivity (Wildman–Crippen MR) is 143 cm³/mol. The van der Waals surface area contributed by atoms with Gasteiger partial charge in [0.15, 0.2) is 15.7 Å². The number of nitrogens with zero attached hydrogens (tertiary/aromatic N) is 3. The van der Waals surface area contributed by atoms with Gasteiger partial charge in [-0.25, -0.2) is 22.2 Å². The molecule has 0 radical (unpaired) electrons. The van der Waals surface area contributed by atoms with Gasteiger partial charge in [-0.2, -0.15) is 5.26 Å². The van der Waals surface area contributed by atoms with Gasteiger partial charge in [-0.1, -0.05) is 32.9 Å². The molecule has 2 atom stereocenters. The van der Waals surface area contributed by atoms with E-state index >= 15 is 0 Å². The van der Waals surface area contributed by atoms with Crippen molar-refractivity contribution in [3.05, 3.63) is 35.9 Å². The maximum Gasteiger partial charge on any atom is 0.248 e. The highest BCUT2D eigenvalue weighted by molar-refractivity contribution is 7.91. The minimum absolute atomic E-state index is 0.00338. The maximum atomic E-state index is 14.6. The molecular weight excluding hydrogens is 524 g/mol. The zero-order valence-corrected chi connectivity index (χ0v) is 23.5. The molecule has 5 rings (SSSR count). The van der Waals surface area contributed by atoms with Crippen LogP contribution in [0, 0.1) is 22.7 Å². The van der Waals surface area contributed by atoms with E-state index in [1.165, 1.54) is 0 Å². The smallest absolute Gasteiger partial charge is 0.248 e. The largest absolute Gasteiger partial charge is 0.444 e. The summed E-state index contributed by atoms with van der Waals surface area (Å²) in [5.74, 6) is -3.60. The third-order valence-electron chi connectivity index (χ3n) is 8.32. The van der Waals surface area contributed by atoms with Crippen LogP contribution in [0.25, 0.3) is 11.3 Å². The lowest BCUT2D eigenvalue weighted by molar-refractivity contribution is -0.132. The minimum Gasteiger partial charge on any atom is -0.444 e. The van der Waals surface area contributed by atoms with Crippen LogP contribution in [0.4, 0.5) is 14.5 Å². The number of Topliss-reactive ketones (excluding diaryl/α,β-unsaturated/α-hetero) is 1. The van der Waals surface area contributed by atoms with Crippen molar-refractivity contribution in [1.82, 2.24) is 4.98 Å². The Morgan fingerprint density at radius 3 is 2.36 bits per heavy atom. The van der Waals surface area contributed by atoms with Gasteiger partial charge in [-0.15, -0.1) is 0 Å². The third kappa shape index (κ3) is 5.88. The number of carbonyl (C=O) groups is 1. The van der Waals surface area contributed by atoms with E-state index in [0.717, 1.165) is 11.3 Å². The molecule has 1 saturated heterocycles. The van der Waals surface area contributed by atoms with E-state index < -0.39 is 44.8 Å². The number of rotatable bonds is 6. The van der Waals surface area contributed by atoms with Gasteiger partial charge in [0.05, 0.1) is 23.0 Å². The molecule has 0 bridgehead atoms. The molecule has 0 unspecified atom stereocenters. The number of oxazole rings is 1. The van der Waals surface area contributed by atoms with Crippen molar-refractivity contribution < 1.29 is 26.4 Å². The Balaban J connectivity index is 1.49. The van der Waals surface area contributed by atoms with E-state index in [9.17, 15) is 27.3 Å². The molecule has 39 heavy (non-hydrogen) atoms. The summed E-state index contributed by atoms with van der Waals surface area (Å²) >= 11 is 0. The fraction of sp³-hybridized carbons (Fsp3) is 0.621. The van der Waals surface area contributed by atoms with Crippen molar-refractivity contribution in [2.24, 2.45) is 11.3 Å². The van der Waals surface area contributed by atoms with E-state index in [-0.39, 0.29) is 36.6 Å². The van der Waals surface area contributed by atoms with Gasteiger partial charge in [-0.05, 0) is 31.4 Å². The Morgan fingerprint density at radius 2 is 1.79 bits per heavy atom. The molecule has 1 aromatic carbocycles. The lowest BCUT2D eigenvalue weighted by Gasteiger charge is -2.34. The van der Waals surface area contributed by atoms with Gasteiger partial charge in [0.2, 0.25) is 5.92 Å². The normalized spacial score (nSPS) is 25.6. The van der Waals surface area contributed by atoms with Crippen LogP contribution in [0.2, 0.25) is 0 Å². The van der Waals surface area contributed by atoms with Gasteiger partial charge in [0.1, 0.15) is 17.2 Å². The average molecular weight is 560 g/mol. The summed E-state index contributed by atoms with van der Waals surface area (Å²) in [7, 11) is -3.00. The Morgan fingerprint density at radius 1 is 1.15 bits per heavy atom. The number of hydrogen-bond donors (Lipinski definition) is 0. The van der Waals surface area contributed by atoms with Crippen LogP contribution in [-0.4, -0.2) is 49.7 Å². The van der Waals surface area contributed by atoms with Crippen molar-refractivity contribution in [2.45, 2.75) is 76.6 Å². The molecule has 1 aliphatic heterocycles. The fourth-order valence-electron chi connectivity index (χ4n) is 5.64. The summed E-state index contributed by atoms with van der Waals surface area (Å²) in [6, 6.07) is 9.80. The van der Waals surface area contributed by atoms with Crippen molar-refractivity contribution in [2.75, 3.05) is 29.5 Å². The number of sulfone groups is 1. The van der Waals surface area contributed by atoms with Gasteiger partial charge >= 0.3 is 0 Å². The molecule has 7 nitrogen and oxygen atoms in total. The van der Waals surface area contributed by atoms with Crippen molar-refractivity contribution in [3.63, 3.8) is 0 Å². The zero-order valence-electron chi connectivity index (χ0n) is 22.7. The summed E-state index contributed by atoms with van der Waals surface area (Å²) < 4.78 is 59.2. The molecule has 0 N–H and O–H groups in total. The van der Waals surface area contributed by atoms with E-state index in [4.69, 9.17) is 9.40 Å². The number of hydrogen-bond acceptors (Lipinski definition) is 7. The first-order valence-electron chi connectivity index (χ1n) is 13.6. The first kappa shape index (κ1) is 27.8. The van der Waals surface area contributed by atoms with Crippen LogP contribution in [-0.2, 0) is 20.0 Å². The summed E-state index contributed by atoms with van der Waals surface area (Å²) in [4.78, 5) is 20.2. The van der Waals surface area contributed by atoms with Crippen LogP contribution in [0.1, 0.15) is 76.9 Å². The average Bonchev–Trinajstić information content (AvgIpc) is 3.49. The molecule has 0 spiro atoms. The lowest BCUT2D eigenvalue weighted by Crippen LogP contribution is -2.40. The van der Waals surface area contributed by atoms with E-state index in [2.05, 4.69) is 6.07 Å². The van der Waals surface area contributed by atoms with Gasteiger partial charge in [-0.3, -0.25) is 4.79 Å². The Bertz CT molecular complexity index is 1390. The van der Waals surface area contributed by atoms with Crippen LogP contribution in [0.3, 0.4) is 0 Å². The lowest BCUT2D eigenvalue weighted by atomic mass is 9.71. The predicted octanol–water partition coefficient (Wildman–Crippen LogP) is 5.66. The van der Waals surface area contributed by atoms with Gasteiger partial charge < -0.3 is 9.32 Å². The van der Waals surface area contributed by atoms with E-state index in [1.807, 2.05) is 49.9 Å². The van der Waals surface area contributed by atoms with Crippen LogP contribution in [0.15, 0.2) is 28.7 Å². The number of alkyl halides is 2. The second-order valence-corrected chi connectivity index (χ2v) is 14.8. The Labute approximate surface area is 228 Å². The van der Waals surface area contributed by atoms with Crippen molar-refractivity contribution in [1.29, 1.82) is 5.26 Å². The Hall–Kier alpha value is -2.80. The van der Waals surface area contributed by atoms with Gasteiger partial charge in [0, 0.05) is 60.9 Å². The second kappa shape index (κ2) is 9.69. The number of carbonyl (C=O) groups excluding carboxylic acids is 1. The molecular formula is C29H35F2N3O4S. The molecule has 3 aliphatic rings. The molecule has 2 saturated carbocycles. The molecule has 1 aromatic heterocycles. The van der Waals surface area contributed by atoms with E-state index in [0.29, 0.717) is 43.3 Å². The highest BCUT2D eigenvalue weighted by atomic mass is 32.2. The highest BCUT2D eigenvalue weighted by Crippen LogP contribution is 2.53. The number of anilines is 1. The van der Waals surface area contributed by atoms with Crippen molar-refractivity contribution >= 4 is 21.3 Å². The minimum atomic E-state index is -3.00. The Kier molecular flexibility index (Phi) is 6.89. The number of halogens is 2. The SMILES string of the molecule is CC(C)(C)c1nc(-c2ccc(N3CCS(=O)(=O)CC3)cc2)c([C@@H]2CCC(F)(F)C[C@H]2C(=O)CC2(C#N)CC2)o1. The van der Waals surface area contributed by atoms with Crippen LogP contribution >= 0.6 is 0 Å². The standard InChI is InChI=1S/C29H35F2N3O4S/c1-27(2,3)26-33-24(19-4-6-20(7-5-19)34-12-14-39(36,37)15-13-34)25(38-26)21-8-9-29(30,31)16-22(21)23(35)17-28(18-32)10-11-28/h4-7,21-22H,8-17H2,1-3H3/t21-,22-/m1/s1. The topological polar surface area (TPSA) is 104 Å². The summed E-state index contributed by atoms with van der Waals surface area (Å²) in [6.07, 6.45) is 0.443. The fourth-order valence-corrected chi connectivity index (χ4v) is 6.84. The first-order chi connectivity index (χ1) is 18.2. The number of ketones is 1. The van der Waals surface area contributed by atoms with Gasteiger partial charge in [0.25, 0.3) is 0 Å². The highest BCUT2D eigenvalue weighted by Gasteiger charge is 2.51. The van der Waals surface area contributed by atoms with Crippen LogP contribution in [0.5, 0.6) is 0 Å². The zero-order chi connectivity index (χ0) is 28.2. The molecule has 210 valence electrons. The summed E-state index contributed by atoms with van der Waals surface area (Å²) in [5.41, 5.74) is 1.03.